The van der Waals surface area contributed by atoms with E-state index in [0.717, 1.165) is 59.9 Å². The van der Waals surface area contributed by atoms with Gasteiger partial charge in [-0.2, -0.15) is 0 Å². The largest absolute Gasteiger partial charge is 0.295 e. The van der Waals surface area contributed by atoms with Crippen LogP contribution in [0.15, 0.2) is 0 Å². The number of hydrogen-bond donors (Lipinski definition) is 0. The second-order valence-electron chi connectivity index (χ2n) is 11.3. The van der Waals surface area contributed by atoms with E-state index in [0.29, 0.717) is 0 Å². The summed E-state index contributed by atoms with van der Waals surface area (Å²) in [6, 6.07) is 5.10. The molecule has 0 amide bonds. The zero-order valence-electron chi connectivity index (χ0n) is 19.6. The van der Waals surface area contributed by atoms with Gasteiger partial charge in [-0.25, -0.2) is 0 Å². The Balaban J connectivity index is 0.000000272. The summed E-state index contributed by atoms with van der Waals surface area (Å²) in [6.45, 7) is 19.0. The summed E-state index contributed by atoms with van der Waals surface area (Å²) in [5.41, 5.74) is 0. The molecule has 0 radical (unpaired) electrons. The lowest BCUT2D eigenvalue weighted by molar-refractivity contribution is -0.0536. The summed E-state index contributed by atoms with van der Waals surface area (Å²) in [5.74, 6) is 3.71. The van der Waals surface area contributed by atoms with Gasteiger partial charge in [0.15, 0.2) is 0 Å². The molecule has 3 aliphatic heterocycles. The van der Waals surface area contributed by atoms with E-state index in [2.05, 4.69) is 65.2 Å². The quantitative estimate of drug-likeness (QED) is 0.476. The molecule has 0 aromatic heterocycles. The van der Waals surface area contributed by atoms with Crippen molar-refractivity contribution in [3.63, 3.8) is 0 Å². The maximum absolute atomic E-state index is 2.82. The highest BCUT2D eigenvalue weighted by atomic mass is 15.3. The Kier molecular flexibility index (Phi) is 10.2. The SMILES string of the molecule is C.C.CC(C)C1C2CCC(C2)N1C(C)C.CC(C)C1C2CCC(CC2)N1C(C)C. The van der Waals surface area contributed by atoms with E-state index >= 15 is 0 Å². The van der Waals surface area contributed by atoms with Crippen molar-refractivity contribution in [1.82, 2.24) is 9.80 Å². The topological polar surface area (TPSA) is 6.48 Å². The van der Waals surface area contributed by atoms with Gasteiger partial charge in [-0.1, -0.05) is 42.5 Å². The first kappa shape index (κ1) is 27.0. The first-order valence-electron chi connectivity index (χ1n) is 12.3. The third-order valence-corrected chi connectivity index (χ3v) is 8.24. The minimum Gasteiger partial charge on any atom is -0.295 e. The Morgan fingerprint density at radius 3 is 1.28 bits per heavy atom. The van der Waals surface area contributed by atoms with Crippen LogP contribution in [-0.2, 0) is 0 Å². The zero-order chi connectivity index (χ0) is 19.9. The Hall–Kier alpha value is -0.0800. The molecule has 0 aromatic rings. The van der Waals surface area contributed by atoms with E-state index in [9.17, 15) is 0 Å². The van der Waals surface area contributed by atoms with Crippen molar-refractivity contribution in [2.45, 2.75) is 151 Å². The molecule has 3 heterocycles. The Bertz CT molecular complexity index is 419. The molecule has 5 rings (SSSR count). The maximum Gasteiger partial charge on any atom is 0.0153 e. The van der Waals surface area contributed by atoms with Crippen molar-refractivity contribution >= 4 is 0 Å². The lowest BCUT2D eigenvalue weighted by Gasteiger charge is -2.55. The molecule has 3 saturated heterocycles. The highest BCUT2D eigenvalue weighted by molar-refractivity contribution is 5.01. The molecular weight excluding hydrogens is 352 g/mol. The van der Waals surface area contributed by atoms with Gasteiger partial charge in [0.1, 0.15) is 0 Å². The molecule has 2 heteroatoms. The average molecular weight is 409 g/mol. The van der Waals surface area contributed by atoms with Gasteiger partial charge in [-0.05, 0) is 96.3 Å². The van der Waals surface area contributed by atoms with Crippen molar-refractivity contribution in [2.24, 2.45) is 23.7 Å². The minimum absolute atomic E-state index is 0. The van der Waals surface area contributed by atoms with Crippen LogP contribution < -0.4 is 0 Å². The highest BCUT2D eigenvalue weighted by Crippen LogP contribution is 2.46. The lowest BCUT2D eigenvalue weighted by atomic mass is 9.70. The molecule has 29 heavy (non-hydrogen) atoms. The molecule has 4 bridgehead atoms. The van der Waals surface area contributed by atoms with Crippen molar-refractivity contribution in [1.29, 1.82) is 0 Å². The number of nitrogens with zero attached hydrogens (tertiary/aromatic N) is 2. The van der Waals surface area contributed by atoms with Crippen LogP contribution in [-0.4, -0.2) is 46.1 Å². The van der Waals surface area contributed by atoms with E-state index in [1.165, 1.54) is 44.9 Å². The van der Waals surface area contributed by atoms with Crippen molar-refractivity contribution in [3.8, 4) is 0 Å². The van der Waals surface area contributed by atoms with Crippen molar-refractivity contribution in [2.75, 3.05) is 0 Å². The molecule has 2 nitrogen and oxygen atoms in total. The van der Waals surface area contributed by atoms with Crippen LogP contribution in [0.1, 0.15) is 115 Å². The number of likely N-dealkylation sites (tertiary alicyclic amines) is 1. The lowest BCUT2D eigenvalue weighted by Crippen LogP contribution is -2.59. The Morgan fingerprint density at radius 1 is 0.517 bits per heavy atom. The third kappa shape index (κ3) is 5.40. The third-order valence-electron chi connectivity index (χ3n) is 8.24. The fraction of sp³-hybridized carbons (Fsp3) is 1.00. The second kappa shape index (κ2) is 11.0. The average Bonchev–Trinajstić information content (AvgIpc) is 3.23. The molecule has 5 aliphatic rings. The first-order valence-corrected chi connectivity index (χ1v) is 12.3. The first-order chi connectivity index (χ1) is 12.7. The van der Waals surface area contributed by atoms with Crippen LogP contribution in [0, 0.1) is 23.7 Å². The molecule has 4 unspecified atom stereocenters. The molecule has 0 N–H and O–H groups in total. The molecular formula is C27H56N2. The van der Waals surface area contributed by atoms with Gasteiger partial charge in [0.05, 0.1) is 0 Å². The van der Waals surface area contributed by atoms with Crippen LogP contribution in [0.5, 0.6) is 0 Å². The molecule has 2 saturated carbocycles. The number of piperidine rings is 3. The minimum atomic E-state index is 0. The van der Waals surface area contributed by atoms with E-state index < -0.39 is 0 Å². The van der Waals surface area contributed by atoms with Crippen LogP contribution in [0.2, 0.25) is 0 Å². The number of rotatable bonds is 4. The summed E-state index contributed by atoms with van der Waals surface area (Å²) in [5, 5.41) is 0. The van der Waals surface area contributed by atoms with E-state index in [-0.39, 0.29) is 14.9 Å². The van der Waals surface area contributed by atoms with Crippen molar-refractivity contribution < 1.29 is 0 Å². The molecule has 2 aliphatic carbocycles. The molecule has 5 fully saturated rings. The monoisotopic (exact) mass is 408 g/mol. The van der Waals surface area contributed by atoms with Gasteiger partial charge in [0.2, 0.25) is 0 Å². The van der Waals surface area contributed by atoms with Crippen LogP contribution in [0.25, 0.3) is 0 Å². The van der Waals surface area contributed by atoms with E-state index in [4.69, 9.17) is 0 Å². The van der Waals surface area contributed by atoms with E-state index in [1.54, 1.807) is 0 Å². The fourth-order valence-electron chi connectivity index (χ4n) is 7.60. The van der Waals surface area contributed by atoms with Gasteiger partial charge in [0, 0.05) is 36.3 Å². The summed E-state index contributed by atoms with van der Waals surface area (Å²) < 4.78 is 0. The summed E-state index contributed by atoms with van der Waals surface area (Å²) >= 11 is 0. The number of hydrogen-bond acceptors (Lipinski definition) is 2. The van der Waals surface area contributed by atoms with Gasteiger partial charge >= 0.3 is 0 Å². The Morgan fingerprint density at radius 2 is 0.897 bits per heavy atom. The van der Waals surface area contributed by atoms with Crippen molar-refractivity contribution in [3.05, 3.63) is 0 Å². The smallest absolute Gasteiger partial charge is 0.0153 e. The van der Waals surface area contributed by atoms with E-state index in [1.807, 2.05) is 0 Å². The zero-order valence-corrected chi connectivity index (χ0v) is 19.6. The Labute approximate surface area is 185 Å². The van der Waals surface area contributed by atoms with Gasteiger partial charge in [-0.15, -0.1) is 0 Å². The van der Waals surface area contributed by atoms with Crippen LogP contribution in [0.4, 0.5) is 0 Å². The highest BCUT2D eigenvalue weighted by Gasteiger charge is 2.47. The fourth-order valence-corrected chi connectivity index (χ4v) is 7.60. The van der Waals surface area contributed by atoms with Crippen LogP contribution >= 0.6 is 0 Å². The van der Waals surface area contributed by atoms with Gasteiger partial charge in [0.25, 0.3) is 0 Å². The summed E-state index contributed by atoms with van der Waals surface area (Å²) in [4.78, 5) is 5.61. The van der Waals surface area contributed by atoms with Crippen LogP contribution in [0.3, 0.4) is 0 Å². The van der Waals surface area contributed by atoms with Gasteiger partial charge < -0.3 is 0 Å². The molecule has 174 valence electrons. The molecule has 0 aromatic carbocycles. The van der Waals surface area contributed by atoms with Gasteiger partial charge in [-0.3, -0.25) is 9.80 Å². The number of fused-ring (bicyclic) bond motifs is 5. The maximum atomic E-state index is 2.82. The summed E-state index contributed by atoms with van der Waals surface area (Å²) in [7, 11) is 0. The normalized spacial score (nSPS) is 36.4. The standard InChI is InChI=1S/C13H25N.C12H23N.2CH4/c1-9(2)13-11-5-7-12(8-6-11)14(13)10(3)4;1-8(2)12-10-5-6-11(7-10)13(12)9(3)4;;/h9-13H,5-8H2,1-4H3;8-12H,5-7H2,1-4H3;2*1H4. The second-order valence-corrected chi connectivity index (χ2v) is 11.3. The predicted octanol–water partition coefficient (Wildman–Crippen LogP) is 7.47. The molecule has 0 spiro atoms. The summed E-state index contributed by atoms with van der Waals surface area (Å²) in [6.07, 6.45) is 10.4. The molecule has 4 atom stereocenters. The predicted molar refractivity (Wildman–Crippen MR) is 132 cm³/mol.